The van der Waals surface area contributed by atoms with Crippen LogP contribution in [0.25, 0.3) is 22.1 Å². The molecule has 0 spiro atoms. The summed E-state index contributed by atoms with van der Waals surface area (Å²) in [6, 6.07) is 19.2. The number of amides is 2. The Labute approximate surface area is 197 Å². The number of aromatic nitrogens is 1. The molecule has 0 bridgehead atoms. The molecule has 2 amide bonds. The number of fused-ring (bicyclic) bond motifs is 1. The minimum atomic E-state index is -0.596. The van der Waals surface area contributed by atoms with E-state index in [2.05, 4.69) is 15.2 Å². The molecule has 4 aromatic rings. The fourth-order valence-electron chi connectivity index (χ4n) is 4.40. The Balaban J connectivity index is 1.21. The lowest BCUT2D eigenvalue weighted by Gasteiger charge is -2.36. The number of hydrogen-bond donors (Lipinski definition) is 3. The first-order valence-corrected chi connectivity index (χ1v) is 11.3. The van der Waals surface area contributed by atoms with Crippen LogP contribution in [0.1, 0.15) is 17.6 Å². The van der Waals surface area contributed by atoms with Crippen molar-refractivity contribution in [2.75, 3.05) is 31.1 Å². The molecule has 1 unspecified atom stereocenters. The Morgan fingerprint density at radius 3 is 2.59 bits per heavy atom. The number of nitrogens with zero attached hydrogens (tertiary/aromatic N) is 3. The molecule has 1 aliphatic heterocycles. The van der Waals surface area contributed by atoms with Crippen molar-refractivity contribution in [1.29, 1.82) is 0 Å². The van der Waals surface area contributed by atoms with Crippen LogP contribution in [0.2, 0.25) is 0 Å². The first kappa shape index (κ1) is 21.8. The molecule has 4 N–H and O–H groups in total. The summed E-state index contributed by atoms with van der Waals surface area (Å²) >= 11 is 0. The van der Waals surface area contributed by atoms with Gasteiger partial charge in [-0.05, 0) is 28.5 Å². The lowest BCUT2D eigenvalue weighted by atomic mass is 10.0. The maximum absolute atomic E-state index is 12.9. The van der Waals surface area contributed by atoms with Crippen molar-refractivity contribution in [1.82, 2.24) is 15.2 Å². The number of benzene rings is 3. The number of oxazole rings is 1. The summed E-state index contributed by atoms with van der Waals surface area (Å²) in [4.78, 5) is 20.9. The number of aryl methyl sites for hydroxylation is 1. The molecular formula is C26H27N5O3. The Hall–Kier alpha value is -4.04. The van der Waals surface area contributed by atoms with E-state index < -0.39 is 6.17 Å². The van der Waals surface area contributed by atoms with Crippen molar-refractivity contribution in [2.45, 2.75) is 13.1 Å². The van der Waals surface area contributed by atoms with Crippen molar-refractivity contribution >= 4 is 22.5 Å². The average molecular weight is 458 g/mol. The van der Waals surface area contributed by atoms with Gasteiger partial charge in [0.25, 0.3) is 0 Å². The summed E-state index contributed by atoms with van der Waals surface area (Å²) in [5, 5.41) is 15.6. The van der Waals surface area contributed by atoms with E-state index in [0.29, 0.717) is 43.4 Å². The predicted octanol–water partition coefficient (Wildman–Crippen LogP) is 4.00. The van der Waals surface area contributed by atoms with E-state index in [9.17, 15) is 9.90 Å². The highest BCUT2D eigenvalue weighted by Crippen LogP contribution is 2.33. The highest BCUT2D eigenvalue weighted by molar-refractivity contribution is 5.86. The SMILES string of the molecule is Cc1ncc(-c2ccc(N3CCN(C(=O)NC(N)c4cccc5ccccc45)CC3)cc2O)o1. The largest absolute Gasteiger partial charge is 0.507 e. The number of phenols is 1. The van der Waals surface area contributed by atoms with Gasteiger partial charge in [0.15, 0.2) is 11.7 Å². The van der Waals surface area contributed by atoms with Crippen LogP contribution in [0, 0.1) is 6.92 Å². The molecule has 1 fully saturated rings. The van der Waals surface area contributed by atoms with Crippen molar-refractivity contribution in [3.05, 3.63) is 78.3 Å². The number of aromatic hydroxyl groups is 1. The Morgan fingerprint density at radius 1 is 1.09 bits per heavy atom. The number of carbonyl (C=O) groups is 1. The third-order valence-electron chi connectivity index (χ3n) is 6.24. The van der Waals surface area contributed by atoms with Gasteiger partial charge in [0.05, 0.1) is 11.8 Å². The van der Waals surface area contributed by atoms with E-state index in [1.165, 1.54) is 0 Å². The summed E-state index contributed by atoms with van der Waals surface area (Å²) in [6.07, 6.45) is 1.01. The maximum atomic E-state index is 12.9. The van der Waals surface area contributed by atoms with Crippen molar-refractivity contribution in [3.63, 3.8) is 0 Å². The molecule has 0 aliphatic carbocycles. The first-order chi connectivity index (χ1) is 16.5. The lowest BCUT2D eigenvalue weighted by Crippen LogP contribution is -2.53. The second-order valence-electron chi connectivity index (χ2n) is 8.41. The van der Waals surface area contributed by atoms with E-state index in [1.807, 2.05) is 54.6 Å². The molecule has 1 aromatic heterocycles. The molecular weight excluding hydrogens is 430 g/mol. The van der Waals surface area contributed by atoms with Gasteiger partial charge in [0.1, 0.15) is 11.9 Å². The van der Waals surface area contributed by atoms with Gasteiger partial charge in [-0.2, -0.15) is 0 Å². The third kappa shape index (κ3) is 4.27. The number of anilines is 1. The molecule has 1 aliphatic rings. The zero-order chi connectivity index (χ0) is 23.7. The molecule has 8 heteroatoms. The van der Waals surface area contributed by atoms with Gasteiger partial charge in [-0.25, -0.2) is 9.78 Å². The Bertz CT molecular complexity index is 1320. The summed E-state index contributed by atoms with van der Waals surface area (Å²) in [6.45, 7) is 4.17. The van der Waals surface area contributed by atoms with E-state index >= 15 is 0 Å². The van der Waals surface area contributed by atoms with Crippen LogP contribution >= 0.6 is 0 Å². The van der Waals surface area contributed by atoms with Crippen LogP contribution in [0.4, 0.5) is 10.5 Å². The van der Waals surface area contributed by atoms with E-state index in [-0.39, 0.29) is 11.8 Å². The molecule has 3 aromatic carbocycles. The van der Waals surface area contributed by atoms with E-state index in [4.69, 9.17) is 10.2 Å². The highest BCUT2D eigenvalue weighted by atomic mass is 16.4. The molecule has 5 rings (SSSR count). The number of phenolic OH excluding ortho intramolecular Hbond substituents is 1. The van der Waals surface area contributed by atoms with Crippen molar-refractivity contribution in [2.24, 2.45) is 5.73 Å². The van der Waals surface area contributed by atoms with E-state index in [0.717, 1.165) is 22.0 Å². The fourth-order valence-corrected chi connectivity index (χ4v) is 4.40. The van der Waals surface area contributed by atoms with Crippen LogP contribution < -0.4 is 16.0 Å². The van der Waals surface area contributed by atoms with Crippen LogP contribution in [0.15, 0.2) is 71.3 Å². The molecule has 8 nitrogen and oxygen atoms in total. The quantitative estimate of drug-likeness (QED) is 0.400. The zero-order valence-corrected chi connectivity index (χ0v) is 18.9. The predicted molar refractivity (Wildman–Crippen MR) is 132 cm³/mol. The summed E-state index contributed by atoms with van der Waals surface area (Å²) in [7, 11) is 0. The fraction of sp³-hybridized carbons (Fsp3) is 0.231. The molecule has 174 valence electrons. The maximum Gasteiger partial charge on any atom is 0.319 e. The van der Waals surface area contributed by atoms with Crippen LogP contribution in [-0.4, -0.2) is 47.2 Å². The summed E-state index contributed by atoms with van der Waals surface area (Å²) < 4.78 is 5.52. The monoisotopic (exact) mass is 457 g/mol. The van der Waals surface area contributed by atoms with Gasteiger partial charge in [0.2, 0.25) is 0 Å². The molecule has 1 saturated heterocycles. The summed E-state index contributed by atoms with van der Waals surface area (Å²) in [5.41, 5.74) is 8.74. The second-order valence-corrected chi connectivity index (χ2v) is 8.41. The Kier molecular flexibility index (Phi) is 5.81. The van der Waals surface area contributed by atoms with Gasteiger partial charge in [0, 0.05) is 44.9 Å². The molecule has 0 radical (unpaired) electrons. The van der Waals surface area contributed by atoms with Gasteiger partial charge in [-0.15, -0.1) is 0 Å². The number of nitrogens with one attached hydrogen (secondary N) is 1. The lowest BCUT2D eigenvalue weighted by molar-refractivity contribution is 0.190. The van der Waals surface area contributed by atoms with Gasteiger partial charge >= 0.3 is 6.03 Å². The van der Waals surface area contributed by atoms with Crippen LogP contribution in [0.3, 0.4) is 0 Å². The molecule has 1 atom stereocenters. The highest BCUT2D eigenvalue weighted by Gasteiger charge is 2.24. The molecule has 0 saturated carbocycles. The number of rotatable bonds is 4. The van der Waals surface area contributed by atoms with Gasteiger partial charge < -0.3 is 30.4 Å². The summed E-state index contributed by atoms with van der Waals surface area (Å²) in [5.74, 6) is 1.22. The smallest absolute Gasteiger partial charge is 0.319 e. The Morgan fingerprint density at radius 2 is 1.85 bits per heavy atom. The number of urea groups is 1. The minimum absolute atomic E-state index is 0.134. The normalized spacial score (nSPS) is 14.9. The zero-order valence-electron chi connectivity index (χ0n) is 18.9. The van der Waals surface area contributed by atoms with Gasteiger partial charge in [-0.1, -0.05) is 42.5 Å². The van der Waals surface area contributed by atoms with E-state index in [1.54, 1.807) is 24.1 Å². The third-order valence-corrected chi connectivity index (χ3v) is 6.24. The number of hydrogen-bond acceptors (Lipinski definition) is 6. The number of piperazine rings is 1. The molecule has 2 heterocycles. The minimum Gasteiger partial charge on any atom is -0.507 e. The van der Waals surface area contributed by atoms with Crippen LogP contribution in [0.5, 0.6) is 5.75 Å². The second kappa shape index (κ2) is 9.07. The molecule has 34 heavy (non-hydrogen) atoms. The van der Waals surface area contributed by atoms with Gasteiger partial charge in [-0.3, -0.25) is 0 Å². The number of nitrogens with two attached hydrogens (primary N) is 1. The van der Waals surface area contributed by atoms with Crippen LogP contribution in [-0.2, 0) is 0 Å². The van der Waals surface area contributed by atoms with Crippen molar-refractivity contribution in [3.8, 4) is 17.1 Å². The number of carbonyl (C=O) groups excluding carboxylic acids is 1. The average Bonchev–Trinajstić information content (AvgIpc) is 3.29. The first-order valence-electron chi connectivity index (χ1n) is 11.3. The topological polar surface area (TPSA) is 108 Å². The standard InChI is InChI=1S/C26H27N5O3/c1-17-28-16-24(34-17)22-10-9-19(15-23(22)32)30-11-13-31(14-12-30)26(33)29-25(27)21-8-4-6-18-5-2-3-7-20(18)21/h2-10,15-16,25,32H,11-14,27H2,1H3,(H,29,33). The van der Waals surface area contributed by atoms with Crippen molar-refractivity contribution < 1.29 is 14.3 Å².